The Hall–Kier alpha value is -0.750. The number of phenols is 2. The number of hydrogen-bond donors (Lipinski definition) is 4. The normalized spacial score (nSPS) is 11.9. The van der Waals surface area contributed by atoms with Crippen LogP contribution in [0.1, 0.15) is 0 Å². The standard InChI is InChI=1S/C18H17N3O13S4.C18H17N3O10S3.5Na/c19-17-16-10(7-12(9-14(16)22)35-34-33-23)8-15(37(26,27)28)18(17)21-20-11-1-3-13(4-2-11)36(24,25)6-5-32-38(29,30)31;19-15-6-1-11-9-14(34(26,27)28)10-16(22)17(11)18(15)21-20-12-2-4-13(5-3-12)33(24,25)8-7-29-32-31-30-23;;;;;/h1-4,7-9,22-23H,5-6,19H2,(H,26,27,28)(H,29,30,31);1-6,9-10,22-23H,7-8,19H2,(H,26,27,28);;;;;/q;;5*+1/p-5. The molecule has 6 aromatic rings. The first-order valence-corrected chi connectivity index (χ1v) is 27.5. The Balaban J connectivity index is 0.00000142. The van der Waals surface area contributed by atoms with E-state index >= 15 is 0 Å². The van der Waals surface area contributed by atoms with Crippen molar-refractivity contribution in [2.24, 2.45) is 20.5 Å². The molecular weight excluding hydrogens is 1220 g/mol. The van der Waals surface area contributed by atoms with Gasteiger partial charge in [0.25, 0.3) is 0 Å². The van der Waals surface area contributed by atoms with Crippen molar-refractivity contribution in [3.8, 4) is 11.5 Å². The van der Waals surface area contributed by atoms with Gasteiger partial charge in [-0.2, -0.15) is 14.6 Å². The maximum absolute atomic E-state index is 12.3. The van der Waals surface area contributed by atoms with Crippen LogP contribution in [0.3, 0.4) is 0 Å². The molecule has 6 rings (SSSR count). The van der Waals surface area contributed by atoms with Gasteiger partial charge in [-0.25, -0.2) is 42.1 Å². The van der Waals surface area contributed by atoms with Crippen molar-refractivity contribution in [3.05, 3.63) is 91.0 Å². The van der Waals surface area contributed by atoms with Crippen LogP contribution in [0.15, 0.2) is 136 Å². The zero-order chi connectivity index (χ0) is 53.2. The third-order valence-corrected chi connectivity index (χ3v) is 15.4. The zero-order valence-electron chi connectivity index (χ0n) is 40.3. The first kappa shape index (κ1) is 76.2. The van der Waals surface area contributed by atoms with Crippen molar-refractivity contribution >= 4 is 130 Å². The van der Waals surface area contributed by atoms with Crippen LogP contribution in [0.4, 0.5) is 34.1 Å². The zero-order valence-corrected chi connectivity index (χ0v) is 56.0. The fraction of sp³-hybridized carbons (Fsp3) is 0.111. The smallest absolute Gasteiger partial charge is 0.744 e. The Morgan fingerprint density at radius 2 is 1.04 bits per heavy atom. The van der Waals surface area contributed by atoms with Crippen molar-refractivity contribution < 1.29 is 251 Å². The number of sulfone groups is 2. The molecule has 0 heterocycles. The summed E-state index contributed by atoms with van der Waals surface area (Å²) in [5.41, 5.74) is 11.3. The molecule has 41 heteroatoms. The molecule has 29 nitrogen and oxygen atoms in total. The molecule has 0 saturated carbocycles. The predicted octanol–water partition coefficient (Wildman–Crippen LogP) is -12.0. The van der Waals surface area contributed by atoms with Gasteiger partial charge >= 0.3 is 148 Å². The number of aromatic hydroxyl groups is 2. The van der Waals surface area contributed by atoms with Gasteiger partial charge in [0.05, 0.1) is 84.5 Å². The summed E-state index contributed by atoms with van der Waals surface area (Å²) in [5.74, 6) is -2.21. The molecule has 0 atom stereocenters. The minimum Gasteiger partial charge on any atom is -0.744 e. The Morgan fingerprint density at radius 1 is 0.532 bits per heavy atom. The molecule has 0 aliphatic carbocycles. The summed E-state index contributed by atoms with van der Waals surface area (Å²) in [5, 5.41) is 62.2. The molecule has 0 amide bonds. The van der Waals surface area contributed by atoms with Crippen LogP contribution in [0.25, 0.3) is 21.5 Å². The van der Waals surface area contributed by atoms with E-state index in [2.05, 4.69) is 43.4 Å². The van der Waals surface area contributed by atoms with E-state index in [0.717, 1.165) is 48.5 Å². The van der Waals surface area contributed by atoms with Gasteiger partial charge in [0, 0.05) is 10.3 Å². The largest absolute Gasteiger partial charge is 1.00 e. The van der Waals surface area contributed by atoms with Gasteiger partial charge in [0.1, 0.15) is 43.1 Å². The molecule has 0 aliphatic heterocycles. The van der Waals surface area contributed by atoms with E-state index in [0.29, 0.717) is 12.0 Å². The van der Waals surface area contributed by atoms with E-state index in [-0.39, 0.29) is 226 Å². The predicted molar refractivity (Wildman–Crippen MR) is 241 cm³/mol. The number of rotatable bonds is 21. The van der Waals surface area contributed by atoms with Gasteiger partial charge in [-0.1, -0.05) is 6.07 Å². The van der Waals surface area contributed by atoms with E-state index in [9.17, 15) is 76.5 Å². The molecular formula is C36H29N6Na5O23S7. The second-order valence-electron chi connectivity index (χ2n) is 13.6. The number of fused-ring (bicyclic) bond motifs is 2. The fourth-order valence-electron chi connectivity index (χ4n) is 5.90. The Bertz CT molecular complexity index is 3630. The molecule has 0 bridgehead atoms. The minimum atomic E-state index is -5.17. The van der Waals surface area contributed by atoms with Crippen LogP contribution >= 0.6 is 24.4 Å². The number of nitrogen functional groups attached to an aromatic ring is 2. The molecule has 6 N–H and O–H groups in total. The third-order valence-electron chi connectivity index (χ3n) is 9.00. The summed E-state index contributed by atoms with van der Waals surface area (Å²) in [6.45, 7) is -1.16. The molecule has 6 aromatic carbocycles. The molecule has 0 radical (unpaired) electrons. The number of azo groups is 2. The second kappa shape index (κ2) is 33.5. The van der Waals surface area contributed by atoms with Crippen molar-refractivity contribution in [1.29, 1.82) is 0 Å². The molecule has 388 valence electrons. The van der Waals surface area contributed by atoms with Crippen LogP contribution in [0.2, 0.25) is 0 Å². The Labute approximate surface area is 557 Å². The van der Waals surface area contributed by atoms with Crippen molar-refractivity contribution in [2.45, 2.75) is 24.5 Å². The maximum Gasteiger partial charge on any atom is 1.00 e. The van der Waals surface area contributed by atoms with E-state index in [1.807, 2.05) is 0 Å². The molecule has 0 spiro atoms. The van der Waals surface area contributed by atoms with Crippen molar-refractivity contribution in [3.63, 3.8) is 0 Å². The number of phenolic OH excluding ortho intramolecular Hbond substituents is 2. The van der Waals surface area contributed by atoms with Gasteiger partial charge in [0.2, 0.25) is 10.4 Å². The van der Waals surface area contributed by atoms with E-state index in [1.165, 1.54) is 42.5 Å². The molecule has 0 aromatic heterocycles. The molecule has 0 unspecified atom stereocenters. The average Bonchev–Trinajstić information content (AvgIpc) is 3.29. The summed E-state index contributed by atoms with van der Waals surface area (Å²) in [6.07, 6.45) is 0. The summed E-state index contributed by atoms with van der Waals surface area (Å²) in [4.78, 5) is -1.69. The monoisotopic (exact) mass is 1250 g/mol. The van der Waals surface area contributed by atoms with E-state index < -0.39 is 101 Å². The molecule has 77 heavy (non-hydrogen) atoms. The van der Waals surface area contributed by atoms with Gasteiger partial charge in [-0.3, -0.25) is 18.4 Å². The summed E-state index contributed by atoms with van der Waals surface area (Å²) in [7, 11) is -22.8. The van der Waals surface area contributed by atoms with Crippen molar-refractivity contribution in [1.82, 2.24) is 0 Å². The summed E-state index contributed by atoms with van der Waals surface area (Å²) < 4.78 is 167. The number of nitrogens with two attached hydrogens (primary N) is 2. The Morgan fingerprint density at radius 3 is 1.53 bits per heavy atom. The third kappa shape index (κ3) is 22.4. The van der Waals surface area contributed by atoms with Gasteiger partial charge in [0.15, 0.2) is 32.0 Å². The van der Waals surface area contributed by atoms with E-state index in [1.54, 1.807) is 0 Å². The van der Waals surface area contributed by atoms with Gasteiger partial charge in [-0.15, -0.1) is 14.6 Å². The minimum absolute atomic E-state index is 0. The topological polar surface area (TPSA) is 483 Å². The van der Waals surface area contributed by atoms with E-state index in [4.69, 9.17) is 15.7 Å². The average molecular weight is 1250 g/mol. The SMILES string of the molecule is Nc1c(N=Nc2ccc(S(=O)(=O)CCOS(=O)(=O)[O-])cc2)c(S(=O)(=O)[O-])cc2cc(SOO[O-])cc(O)c12.Nc1ccc2cc(S(=O)(=O)[O-])cc(O)c2c1N=Nc1ccc(S(=O)(=O)CCOSOO[O-])cc1.[Na+].[Na+].[Na+].[Na+].[Na+]. The second-order valence-corrected chi connectivity index (χ2v) is 22.9. The summed E-state index contributed by atoms with van der Waals surface area (Å²) >= 11 is 0.594. The van der Waals surface area contributed by atoms with Gasteiger partial charge in [-0.05, 0) is 95.7 Å². The quantitative estimate of drug-likeness (QED) is 0.00598. The first-order chi connectivity index (χ1) is 33.6. The molecule has 0 saturated heterocycles. The van der Waals surface area contributed by atoms with Crippen molar-refractivity contribution in [2.75, 3.05) is 36.2 Å². The Kier molecular flexibility index (Phi) is 33.2. The van der Waals surface area contributed by atoms with Crippen LogP contribution in [0, 0.1) is 0 Å². The fourth-order valence-corrected chi connectivity index (χ4v) is 10.4. The molecule has 0 fully saturated rings. The van der Waals surface area contributed by atoms with Crippen LogP contribution in [-0.2, 0) is 77.4 Å². The maximum atomic E-state index is 12.3. The van der Waals surface area contributed by atoms with Crippen LogP contribution < -0.4 is 170 Å². The number of benzene rings is 6. The number of hydrogen-bond acceptors (Lipinski definition) is 31. The van der Waals surface area contributed by atoms with Crippen LogP contribution in [-0.4, -0.2) is 90.7 Å². The first-order valence-electron chi connectivity index (χ1n) is 18.7. The van der Waals surface area contributed by atoms with Gasteiger partial charge < -0.3 is 45.9 Å². The van der Waals surface area contributed by atoms with Crippen LogP contribution in [0.5, 0.6) is 11.5 Å². The number of anilines is 2. The molecule has 0 aliphatic rings. The summed E-state index contributed by atoms with van der Waals surface area (Å²) in [6, 6.07) is 17.7. The number of nitrogens with zero attached hydrogens (tertiary/aromatic N) is 4.